The van der Waals surface area contributed by atoms with Crippen LogP contribution in [-0.4, -0.2) is 50.3 Å². The van der Waals surface area contributed by atoms with Crippen LogP contribution in [0.3, 0.4) is 0 Å². The summed E-state index contributed by atoms with van der Waals surface area (Å²) in [6.45, 7) is 3.89. The summed E-state index contributed by atoms with van der Waals surface area (Å²) in [5.74, 6) is 0. The molecule has 0 aliphatic carbocycles. The van der Waals surface area contributed by atoms with Gasteiger partial charge in [0.25, 0.3) is 0 Å². The van der Waals surface area contributed by atoms with E-state index in [0.717, 1.165) is 18.5 Å². The second-order valence-electron chi connectivity index (χ2n) is 5.38. The van der Waals surface area contributed by atoms with Gasteiger partial charge in [-0.05, 0) is 31.2 Å². The van der Waals surface area contributed by atoms with Crippen LogP contribution in [0.2, 0.25) is 0 Å². The van der Waals surface area contributed by atoms with Crippen LogP contribution in [0.4, 0.5) is 0 Å². The molecule has 0 aromatic heterocycles. The van der Waals surface area contributed by atoms with Crippen molar-refractivity contribution in [3.8, 4) is 6.07 Å². The van der Waals surface area contributed by atoms with Crippen LogP contribution in [0.1, 0.15) is 18.9 Å². The first-order valence-electron chi connectivity index (χ1n) is 7.15. The van der Waals surface area contributed by atoms with Crippen molar-refractivity contribution in [3.63, 3.8) is 0 Å². The van der Waals surface area contributed by atoms with Gasteiger partial charge in [-0.25, -0.2) is 8.42 Å². The summed E-state index contributed by atoms with van der Waals surface area (Å²) in [7, 11) is -1.40. The van der Waals surface area contributed by atoms with Crippen LogP contribution < -0.4 is 0 Å². The van der Waals surface area contributed by atoms with Crippen molar-refractivity contribution in [2.75, 3.05) is 26.7 Å². The molecule has 5 nitrogen and oxygen atoms in total. The molecule has 1 atom stereocenters. The first kappa shape index (κ1) is 16.0. The molecule has 0 N–H and O–H groups in total. The molecular weight excluding hydrogens is 286 g/mol. The fraction of sp³-hybridized carbons (Fsp3) is 0.533. The molecule has 1 unspecified atom stereocenters. The lowest BCUT2D eigenvalue weighted by molar-refractivity contribution is 0.144. The lowest BCUT2D eigenvalue weighted by Crippen LogP contribution is -2.52. The maximum Gasteiger partial charge on any atom is 0.243 e. The molecule has 2 rings (SSSR count). The number of nitriles is 1. The average Bonchev–Trinajstić information content (AvgIpc) is 2.48. The number of benzene rings is 1. The number of hydrogen-bond acceptors (Lipinski definition) is 4. The van der Waals surface area contributed by atoms with E-state index in [1.165, 1.54) is 0 Å². The summed E-state index contributed by atoms with van der Waals surface area (Å²) in [6, 6.07) is 8.95. The standard InChI is InChI=1S/C15H21N3O2S/c1-3-14-12-18(11-10-17(14)2)21(19,20)15-6-4-13(5-7-15)8-9-16/h4-7,14H,3,8,10-12H2,1-2H3. The molecule has 1 heterocycles. The summed E-state index contributed by atoms with van der Waals surface area (Å²) in [6.07, 6.45) is 1.23. The molecule has 6 heteroatoms. The highest BCUT2D eigenvalue weighted by Crippen LogP contribution is 2.21. The van der Waals surface area contributed by atoms with E-state index < -0.39 is 10.0 Å². The number of likely N-dealkylation sites (N-methyl/N-ethyl adjacent to an activating group) is 1. The molecule has 1 aromatic rings. The Labute approximate surface area is 126 Å². The first-order valence-corrected chi connectivity index (χ1v) is 8.59. The van der Waals surface area contributed by atoms with Crippen LogP contribution in [0, 0.1) is 11.3 Å². The highest BCUT2D eigenvalue weighted by atomic mass is 32.2. The van der Waals surface area contributed by atoms with Crippen molar-refractivity contribution in [1.82, 2.24) is 9.21 Å². The minimum atomic E-state index is -3.44. The fourth-order valence-corrected chi connectivity index (χ4v) is 4.06. The molecule has 1 aliphatic heterocycles. The van der Waals surface area contributed by atoms with Gasteiger partial charge < -0.3 is 4.90 Å². The number of rotatable bonds is 4. The van der Waals surface area contributed by atoms with Crippen molar-refractivity contribution in [1.29, 1.82) is 5.26 Å². The fourth-order valence-electron chi connectivity index (χ4n) is 2.60. The second kappa shape index (κ2) is 6.56. The molecule has 1 fully saturated rings. The topological polar surface area (TPSA) is 64.4 Å². The number of piperazine rings is 1. The Morgan fingerprint density at radius 2 is 1.95 bits per heavy atom. The van der Waals surface area contributed by atoms with Gasteiger partial charge in [-0.3, -0.25) is 0 Å². The summed E-state index contributed by atoms with van der Waals surface area (Å²) in [5, 5.41) is 8.65. The quantitative estimate of drug-likeness (QED) is 0.845. The Morgan fingerprint density at radius 3 is 2.52 bits per heavy atom. The molecule has 0 radical (unpaired) electrons. The molecule has 114 valence electrons. The summed E-state index contributed by atoms with van der Waals surface area (Å²) >= 11 is 0. The third kappa shape index (κ3) is 3.43. The largest absolute Gasteiger partial charge is 0.301 e. The molecule has 1 aromatic carbocycles. The predicted molar refractivity (Wildman–Crippen MR) is 81.2 cm³/mol. The number of hydrogen-bond donors (Lipinski definition) is 0. The third-order valence-corrected chi connectivity index (χ3v) is 5.93. The van der Waals surface area contributed by atoms with Gasteiger partial charge in [0.05, 0.1) is 17.4 Å². The first-order chi connectivity index (χ1) is 9.98. The van der Waals surface area contributed by atoms with E-state index in [1.807, 2.05) is 7.05 Å². The van der Waals surface area contributed by atoms with E-state index in [2.05, 4.69) is 17.9 Å². The zero-order chi connectivity index (χ0) is 15.5. The summed E-state index contributed by atoms with van der Waals surface area (Å²) < 4.78 is 26.9. The van der Waals surface area contributed by atoms with Gasteiger partial charge in [0, 0.05) is 25.7 Å². The van der Waals surface area contributed by atoms with Crippen molar-refractivity contribution < 1.29 is 8.42 Å². The lowest BCUT2D eigenvalue weighted by Gasteiger charge is -2.38. The van der Waals surface area contributed by atoms with Gasteiger partial charge in [-0.1, -0.05) is 19.1 Å². The minimum Gasteiger partial charge on any atom is -0.301 e. The molecule has 0 spiro atoms. The average molecular weight is 307 g/mol. The molecule has 1 aliphatic rings. The van der Waals surface area contributed by atoms with E-state index in [0.29, 0.717) is 24.4 Å². The van der Waals surface area contributed by atoms with Crippen molar-refractivity contribution in [3.05, 3.63) is 29.8 Å². The van der Waals surface area contributed by atoms with E-state index in [4.69, 9.17) is 5.26 Å². The number of nitrogens with zero attached hydrogens (tertiary/aromatic N) is 3. The SMILES string of the molecule is CCC1CN(S(=O)(=O)c2ccc(CC#N)cc2)CCN1C. The smallest absolute Gasteiger partial charge is 0.243 e. The molecule has 0 saturated carbocycles. The van der Waals surface area contributed by atoms with E-state index in [-0.39, 0.29) is 6.04 Å². The van der Waals surface area contributed by atoms with E-state index >= 15 is 0 Å². The van der Waals surface area contributed by atoms with Gasteiger partial charge in [0.1, 0.15) is 0 Å². The van der Waals surface area contributed by atoms with Crippen LogP contribution >= 0.6 is 0 Å². The highest BCUT2D eigenvalue weighted by molar-refractivity contribution is 7.89. The van der Waals surface area contributed by atoms with Gasteiger partial charge in [-0.15, -0.1) is 0 Å². The van der Waals surface area contributed by atoms with E-state index in [1.54, 1.807) is 28.6 Å². The van der Waals surface area contributed by atoms with Gasteiger partial charge >= 0.3 is 0 Å². The van der Waals surface area contributed by atoms with Crippen molar-refractivity contribution in [2.45, 2.75) is 30.7 Å². The van der Waals surface area contributed by atoms with Gasteiger partial charge in [0.15, 0.2) is 0 Å². The maximum absolute atomic E-state index is 12.7. The van der Waals surface area contributed by atoms with Crippen LogP contribution in [0.15, 0.2) is 29.2 Å². The zero-order valence-corrected chi connectivity index (χ0v) is 13.3. The number of sulfonamides is 1. The molecule has 21 heavy (non-hydrogen) atoms. The van der Waals surface area contributed by atoms with Crippen molar-refractivity contribution >= 4 is 10.0 Å². The Bertz CT molecular complexity index is 619. The van der Waals surface area contributed by atoms with E-state index in [9.17, 15) is 8.42 Å². The molecule has 1 saturated heterocycles. The molecule has 0 bridgehead atoms. The Hall–Kier alpha value is -1.42. The van der Waals surface area contributed by atoms with Crippen molar-refractivity contribution in [2.24, 2.45) is 0 Å². The second-order valence-corrected chi connectivity index (χ2v) is 7.32. The zero-order valence-electron chi connectivity index (χ0n) is 12.5. The van der Waals surface area contributed by atoms with Crippen LogP contribution in [0.5, 0.6) is 0 Å². The van der Waals surface area contributed by atoms with Gasteiger partial charge in [-0.2, -0.15) is 9.57 Å². The Kier molecular flexibility index (Phi) is 4.99. The van der Waals surface area contributed by atoms with Crippen LogP contribution in [-0.2, 0) is 16.4 Å². The minimum absolute atomic E-state index is 0.270. The summed E-state index contributed by atoms with van der Waals surface area (Å²) in [5.41, 5.74) is 0.835. The molecular formula is C15H21N3O2S. The highest BCUT2D eigenvalue weighted by Gasteiger charge is 2.31. The predicted octanol–water partition coefficient (Wildman–Crippen LogP) is 1.47. The van der Waals surface area contributed by atoms with Gasteiger partial charge in [0.2, 0.25) is 10.0 Å². The normalized spacial score (nSPS) is 21.1. The Morgan fingerprint density at radius 1 is 1.29 bits per heavy atom. The monoisotopic (exact) mass is 307 g/mol. The maximum atomic E-state index is 12.7. The lowest BCUT2D eigenvalue weighted by atomic mass is 10.1. The molecule has 0 amide bonds. The van der Waals surface area contributed by atoms with Crippen LogP contribution in [0.25, 0.3) is 0 Å². The third-order valence-electron chi connectivity index (χ3n) is 4.06. The summed E-state index contributed by atoms with van der Waals surface area (Å²) in [4.78, 5) is 2.52. The Balaban J connectivity index is 2.19.